The van der Waals surface area contributed by atoms with Crippen molar-refractivity contribution >= 4 is 14.6 Å². The second kappa shape index (κ2) is 1.39. The molecule has 20 valence electrons. The summed E-state index contributed by atoms with van der Waals surface area (Å²) in [4.78, 5) is 0. The first-order chi connectivity index (χ1) is 1.73. The SMILES string of the molecule is [B]B(C)F. The highest BCUT2D eigenvalue weighted by atomic mass is 19.1. The first-order valence-corrected chi connectivity index (χ1v) is 1.13. The van der Waals surface area contributed by atoms with Gasteiger partial charge in [0, 0.05) is 0 Å². The molecule has 0 aliphatic heterocycles. The summed E-state index contributed by atoms with van der Waals surface area (Å²) >= 11 is 0. The number of hydrogen-bond donors (Lipinski definition) is 0. The monoisotopic (exact) mass is 56.0 g/mol. The second-order valence-corrected chi connectivity index (χ2v) is 0.678. The van der Waals surface area contributed by atoms with Gasteiger partial charge in [0.15, 0.2) is 0 Å². The molecular formula is CH3B2F. The van der Waals surface area contributed by atoms with E-state index in [1.165, 1.54) is 6.82 Å². The van der Waals surface area contributed by atoms with Crippen molar-refractivity contribution < 1.29 is 4.32 Å². The van der Waals surface area contributed by atoms with E-state index in [1.54, 1.807) is 0 Å². The van der Waals surface area contributed by atoms with Crippen molar-refractivity contribution in [3.05, 3.63) is 0 Å². The Bertz CT molecular complexity index is 10.8. The van der Waals surface area contributed by atoms with Crippen LogP contribution in [0.15, 0.2) is 0 Å². The zero-order chi connectivity index (χ0) is 3.58. The van der Waals surface area contributed by atoms with E-state index in [-0.39, 0.29) is 0 Å². The van der Waals surface area contributed by atoms with Gasteiger partial charge in [-0.3, -0.25) is 0 Å². The highest BCUT2D eigenvalue weighted by Crippen LogP contribution is 1.64. The van der Waals surface area contributed by atoms with E-state index in [2.05, 4.69) is 7.74 Å². The van der Waals surface area contributed by atoms with Gasteiger partial charge in [0.05, 0.1) is 7.74 Å². The molecule has 0 heterocycles. The third kappa shape index (κ3) is 646. The molecule has 0 saturated heterocycles. The fraction of sp³-hybridized carbons (Fsp3) is 1.00. The molecule has 3 heteroatoms. The number of halogens is 1. The van der Waals surface area contributed by atoms with Gasteiger partial charge in [-0.05, 0) is 0 Å². The van der Waals surface area contributed by atoms with Crippen LogP contribution in [0.4, 0.5) is 4.32 Å². The molecule has 0 N–H and O–H groups in total. The molecule has 0 aliphatic carbocycles. The summed E-state index contributed by atoms with van der Waals surface area (Å²) in [6, 6.07) is 0. The predicted molar refractivity (Wildman–Crippen MR) is 18.5 cm³/mol. The summed E-state index contributed by atoms with van der Waals surface area (Å²) < 4.78 is 10.8. The van der Waals surface area contributed by atoms with Gasteiger partial charge in [-0.1, -0.05) is 6.82 Å². The summed E-state index contributed by atoms with van der Waals surface area (Å²) in [5, 5.41) is 0. The molecule has 0 aromatic rings. The van der Waals surface area contributed by atoms with Gasteiger partial charge in [-0.15, -0.1) is 0 Å². The first-order valence-electron chi connectivity index (χ1n) is 1.13. The smallest absolute Gasteiger partial charge is 0.289 e. The largest absolute Gasteiger partial charge is 0.349 e. The molecule has 0 atom stereocenters. The van der Waals surface area contributed by atoms with Gasteiger partial charge >= 0.3 is 0 Å². The van der Waals surface area contributed by atoms with Gasteiger partial charge in [0.25, 0.3) is 6.88 Å². The standard InChI is InChI=1S/CH3B2F/c1-3(2)4/h1H3. The fourth-order valence-corrected chi connectivity index (χ4v) is 0. The molecule has 0 aromatic carbocycles. The molecule has 0 rings (SSSR count). The molecule has 4 heavy (non-hydrogen) atoms. The normalized spacial score (nSPS) is 6.50. The summed E-state index contributed by atoms with van der Waals surface area (Å²) in [5.74, 6) is 0. The summed E-state index contributed by atoms with van der Waals surface area (Å²) in [7, 11) is 4.44. The Hall–Kier alpha value is 0.0599. The van der Waals surface area contributed by atoms with E-state index in [0.717, 1.165) is 0 Å². The maximum absolute atomic E-state index is 10.8. The summed E-state index contributed by atoms with van der Waals surface area (Å²) in [6.07, 6.45) is 0. The Morgan fingerprint density at radius 3 is 2.00 bits per heavy atom. The van der Waals surface area contributed by atoms with E-state index < -0.39 is 6.88 Å². The van der Waals surface area contributed by atoms with Crippen molar-refractivity contribution in [2.45, 2.75) is 6.82 Å². The molecule has 0 unspecified atom stereocenters. The van der Waals surface area contributed by atoms with E-state index in [0.29, 0.717) is 0 Å². The van der Waals surface area contributed by atoms with Crippen LogP contribution in [0.2, 0.25) is 6.82 Å². The van der Waals surface area contributed by atoms with Crippen LogP contribution < -0.4 is 0 Å². The maximum atomic E-state index is 10.8. The van der Waals surface area contributed by atoms with Crippen LogP contribution in [0, 0.1) is 0 Å². The number of hydrogen-bond acceptors (Lipinski definition) is 0. The van der Waals surface area contributed by atoms with Crippen LogP contribution in [0.1, 0.15) is 0 Å². The molecule has 2 radical (unpaired) electrons. The minimum atomic E-state index is -1.17. The lowest BCUT2D eigenvalue weighted by atomic mass is 9.53. The lowest BCUT2D eigenvalue weighted by molar-refractivity contribution is 0.867. The number of rotatable bonds is 0. The molecule has 0 spiro atoms. The lowest BCUT2D eigenvalue weighted by Crippen LogP contribution is -1.92. The van der Waals surface area contributed by atoms with E-state index >= 15 is 0 Å². The minimum Gasteiger partial charge on any atom is -0.349 e. The Balaban J connectivity index is 2.32. The molecule has 0 saturated carbocycles. The average Bonchev–Trinajstić information content (AvgIpc) is 0.811. The van der Waals surface area contributed by atoms with Crippen LogP contribution in [-0.4, -0.2) is 14.6 Å². The summed E-state index contributed by atoms with van der Waals surface area (Å²) in [5.41, 5.74) is 0. The van der Waals surface area contributed by atoms with Crippen molar-refractivity contribution in [3.63, 3.8) is 0 Å². The van der Waals surface area contributed by atoms with Crippen molar-refractivity contribution in [2.24, 2.45) is 0 Å². The lowest BCUT2D eigenvalue weighted by Gasteiger charge is -1.67. The van der Waals surface area contributed by atoms with Crippen LogP contribution in [-0.2, 0) is 0 Å². The van der Waals surface area contributed by atoms with Gasteiger partial charge in [0.1, 0.15) is 0 Å². The highest BCUT2D eigenvalue weighted by molar-refractivity contribution is 6.98. The molecule has 0 nitrogen and oxygen atoms in total. The van der Waals surface area contributed by atoms with Gasteiger partial charge in [-0.2, -0.15) is 0 Å². The zero-order valence-electron chi connectivity index (χ0n) is 2.53. The Labute approximate surface area is 26.9 Å². The van der Waals surface area contributed by atoms with Crippen molar-refractivity contribution in [2.75, 3.05) is 0 Å². The van der Waals surface area contributed by atoms with Crippen LogP contribution in [0.3, 0.4) is 0 Å². The summed E-state index contributed by atoms with van der Waals surface area (Å²) in [6.45, 7) is 0.111. The molecule has 0 fully saturated rings. The highest BCUT2D eigenvalue weighted by Gasteiger charge is 1.84. The average molecular weight is 55.7 g/mol. The maximum Gasteiger partial charge on any atom is 0.289 e. The quantitative estimate of drug-likeness (QED) is 0.348. The van der Waals surface area contributed by atoms with Crippen molar-refractivity contribution in [3.8, 4) is 0 Å². The van der Waals surface area contributed by atoms with Crippen LogP contribution in [0.5, 0.6) is 0 Å². The van der Waals surface area contributed by atoms with Gasteiger partial charge < -0.3 is 4.32 Å². The second-order valence-electron chi connectivity index (χ2n) is 0.678. The molecule has 0 aromatic heterocycles. The molecule has 0 aliphatic rings. The predicted octanol–water partition coefficient (Wildman–Crippen LogP) is 0.242. The Morgan fingerprint density at radius 2 is 2.00 bits per heavy atom. The molecular weight excluding hydrogens is 52.6 g/mol. The molecule has 0 amide bonds. The third-order valence-corrected chi connectivity index (χ3v) is 0. The van der Waals surface area contributed by atoms with Gasteiger partial charge in [-0.25, -0.2) is 0 Å². The van der Waals surface area contributed by atoms with Crippen molar-refractivity contribution in [1.82, 2.24) is 0 Å². The van der Waals surface area contributed by atoms with E-state index in [4.69, 9.17) is 0 Å². The molecule has 0 bridgehead atoms. The van der Waals surface area contributed by atoms with Crippen LogP contribution in [0.25, 0.3) is 0 Å². The zero-order valence-corrected chi connectivity index (χ0v) is 2.53. The third-order valence-electron chi connectivity index (χ3n) is 0. The van der Waals surface area contributed by atoms with E-state index in [1.807, 2.05) is 0 Å². The van der Waals surface area contributed by atoms with E-state index in [9.17, 15) is 4.32 Å². The fourth-order valence-electron chi connectivity index (χ4n) is 0. The van der Waals surface area contributed by atoms with Crippen LogP contribution >= 0.6 is 0 Å². The topological polar surface area (TPSA) is 0 Å². The first kappa shape index (κ1) is 4.06. The minimum absolute atomic E-state index is 1.17. The Kier molecular flexibility index (Phi) is 1.41. The Morgan fingerprint density at radius 1 is 2.00 bits per heavy atom. The van der Waals surface area contributed by atoms with Gasteiger partial charge in [0.2, 0.25) is 0 Å². The van der Waals surface area contributed by atoms with Crippen molar-refractivity contribution in [1.29, 1.82) is 0 Å².